The summed E-state index contributed by atoms with van der Waals surface area (Å²) in [5, 5.41) is 0. The Morgan fingerprint density at radius 2 is 1.90 bits per heavy atom. The lowest BCUT2D eigenvalue weighted by molar-refractivity contribution is -0.160. The molecule has 1 heterocycles. The second-order valence-electron chi connectivity index (χ2n) is 5.73. The largest absolute Gasteiger partial charge is 0.463 e. The molecule has 0 saturated carbocycles. The summed E-state index contributed by atoms with van der Waals surface area (Å²) in [6, 6.07) is -0.644. The standard InChI is InChI=1S/C14H25NO5/c1-8(2)12(15)14(17)20-10-5-6-18-11(10)7-19-13(16)9(3)4/h8-12H,5-7,15H2,1-4H3/t10?,11?,12-/m0/s1. The maximum absolute atomic E-state index is 11.8. The first-order valence-corrected chi connectivity index (χ1v) is 7.07. The smallest absolute Gasteiger partial charge is 0.323 e. The van der Waals surface area contributed by atoms with E-state index in [4.69, 9.17) is 19.9 Å². The van der Waals surface area contributed by atoms with Gasteiger partial charge in [0.2, 0.25) is 0 Å². The van der Waals surface area contributed by atoms with E-state index in [0.29, 0.717) is 13.0 Å². The Hall–Kier alpha value is -1.14. The van der Waals surface area contributed by atoms with Crippen molar-refractivity contribution in [2.24, 2.45) is 17.6 Å². The summed E-state index contributed by atoms with van der Waals surface area (Å²) in [5.41, 5.74) is 5.74. The summed E-state index contributed by atoms with van der Waals surface area (Å²) in [7, 11) is 0. The molecule has 0 radical (unpaired) electrons. The van der Waals surface area contributed by atoms with E-state index in [2.05, 4.69) is 0 Å². The highest BCUT2D eigenvalue weighted by Gasteiger charge is 2.34. The molecule has 0 aliphatic carbocycles. The molecule has 1 aliphatic rings. The third-order valence-corrected chi connectivity index (χ3v) is 3.27. The zero-order valence-corrected chi connectivity index (χ0v) is 12.6. The second kappa shape index (κ2) is 7.59. The molecule has 1 aliphatic heterocycles. The number of hydrogen-bond acceptors (Lipinski definition) is 6. The lowest BCUT2D eigenvalue weighted by Gasteiger charge is -2.22. The van der Waals surface area contributed by atoms with Crippen LogP contribution in [-0.2, 0) is 23.8 Å². The summed E-state index contributed by atoms with van der Waals surface area (Å²) in [4.78, 5) is 23.2. The van der Waals surface area contributed by atoms with Crippen LogP contribution in [0.25, 0.3) is 0 Å². The van der Waals surface area contributed by atoms with Gasteiger partial charge in [-0.15, -0.1) is 0 Å². The van der Waals surface area contributed by atoms with E-state index in [1.54, 1.807) is 13.8 Å². The number of nitrogens with two attached hydrogens (primary N) is 1. The lowest BCUT2D eigenvalue weighted by Crippen LogP contribution is -2.41. The van der Waals surface area contributed by atoms with Gasteiger partial charge in [-0.25, -0.2) is 0 Å². The highest BCUT2D eigenvalue weighted by molar-refractivity contribution is 5.76. The summed E-state index contributed by atoms with van der Waals surface area (Å²) in [6.45, 7) is 7.83. The molecular formula is C14H25NO5. The monoisotopic (exact) mass is 287 g/mol. The predicted molar refractivity (Wildman–Crippen MR) is 72.8 cm³/mol. The number of rotatable bonds is 6. The number of carbonyl (C=O) groups is 2. The van der Waals surface area contributed by atoms with Gasteiger partial charge in [0.25, 0.3) is 0 Å². The first kappa shape index (κ1) is 16.9. The van der Waals surface area contributed by atoms with E-state index in [-0.39, 0.29) is 24.4 Å². The van der Waals surface area contributed by atoms with Gasteiger partial charge in [-0.3, -0.25) is 9.59 Å². The SMILES string of the molecule is CC(C)C(=O)OCC1OCCC1OC(=O)[C@@H](N)C(C)C. The summed E-state index contributed by atoms with van der Waals surface area (Å²) in [6.07, 6.45) is -0.200. The Kier molecular flexibility index (Phi) is 6.42. The van der Waals surface area contributed by atoms with Crippen molar-refractivity contribution in [3.63, 3.8) is 0 Å². The van der Waals surface area contributed by atoms with Gasteiger partial charge in [0.1, 0.15) is 24.9 Å². The van der Waals surface area contributed by atoms with E-state index in [0.717, 1.165) is 0 Å². The highest BCUT2D eigenvalue weighted by Crippen LogP contribution is 2.19. The second-order valence-corrected chi connectivity index (χ2v) is 5.73. The van der Waals surface area contributed by atoms with E-state index < -0.39 is 24.2 Å². The molecule has 116 valence electrons. The van der Waals surface area contributed by atoms with E-state index in [9.17, 15) is 9.59 Å². The Morgan fingerprint density at radius 1 is 1.25 bits per heavy atom. The Labute approximate surface area is 119 Å². The van der Waals surface area contributed by atoms with E-state index >= 15 is 0 Å². The maximum Gasteiger partial charge on any atom is 0.323 e. The van der Waals surface area contributed by atoms with Crippen molar-refractivity contribution >= 4 is 11.9 Å². The van der Waals surface area contributed by atoms with Crippen LogP contribution in [0.2, 0.25) is 0 Å². The molecule has 0 aromatic rings. The summed E-state index contributed by atoms with van der Waals surface area (Å²) < 4.78 is 15.9. The van der Waals surface area contributed by atoms with Crippen LogP contribution >= 0.6 is 0 Å². The molecule has 0 bridgehead atoms. The molecule has 3 atom stereocenters. The zero-order chi connectivity index (χ0) is 15.3. The normalized spacial score (nSPS) is 23.9. The maximum atomic E-state index is 11.8. The van der Waals surface area contributed by atoms with Crippen LogP contribution in [-0.4, -0.2) is 43.4 Å². The highest BCUT2D eigenvalue weighted by atomic mass is 16.6. The summed E-state index contributed by atoms with van der Waals surface area (Å²) in [5.74, 6) is -0.894. The topological polar surface area (TPSA) is 87.9 Å². The average molecular weight is 287 g/mol. The predicted octanol–water partition coefficient (Wildman–Crippen LogP) is 0.870. The van der Waals surface area contributed by atoms with Crippen LogP contribution in [0.1, 0.15) is 34.1 Å². The molecule has 0 aromatic carbocycles. The quantitative estimate of drug-likeness (QED) is 0.729. The minimum absolute atomic E-state index is 0.0158. The van der Waals surface area contributed by atoms with Crippen molar-refractivity contribution in [2.45, 2.75) is 52.4 Å². The van der Waals surface area contributed by atoms with Crippen LogP contribution in [0.5, 0.6) is 0 Å². The molecule has 2 unspecified atom stereocenters. The van der Waals surface area contributed by atoms with Crippen LogP contribution < -0.4 is 5.73 Å². The molecule has 20 heavy (non-hydrogen) atoms. The summed E-state index contributed by atoms with van der Waals surface area (Å²) >= 11 is 0. The van der Waals surface area contributed by atoms with Crippen LogP contribution in [0.3, 0.4) is 0 Å². The molecule has 0 amide bonds. The number of ether oxygens (including phenoxy) is 3. The molecule has 6 heteroatoms. The molecule has 0 spiro atoms. The lowest BCUT2D eigenvalue weighted by atomic mass is 10.1. The zero-order valence-electron chi connectivity index (χ0n) is 12.6. The van der Waals surface area contributed by atoms with E-state index in [1.807, 2.05) is 13.8 Å². The molecule has 2 N–H and O–H groups in total. The van der Waals surface area contributed by atoms with Crippen molar-refractivity contribution in [3.05, 3.63) is 0 Å². The molecule has 6 nitrogen and oxygen atoms in total. The van der Waals surface area contributed by atoms with Crippen molar-refractivity contribution in [1.82, 2.24) is 0 Å². The third-order valence-electron chi connectivity index (χ3n) is 3.27. The Morgan fingerprint density at radius 3 is 2.45 bits per heavy atom. The average Bonchev–Trinajstić information content (AvgIpc) is 2.81. The van der Waals surface area contributed by atoms with Gasteiger partial charge in [-0.1, -0.05) is 27.7 Å². The van der Waals surface area contributed by atoms with Gasteiger partial charge >= 0.3 is 11.9 Å². The van der Waals surface area contributed by atoms with Gasteiger partial charge in [0.15, 0.2) is 0 Å². The first-order chi connectivity index (χ1) is 9.32. The van der Waals surface area contributed by atoms with Crippen molar-refractivity contribution in [2.75, 3.05) is 13.2 Å². The minimum Gasteiger partial charge on any atom is -0.463 e. The molecule has 1 saturated heterocycles. The minimum atomic E-state index is -0.644. The number of esters is 2. The Balaban J connectivity index is 2.45. The van der Waals surface area contributed by atoms with Crippen molar-refractivity contribution in [3.8, 4) is 0 Å². The molecular weight excluding hydrogens is 262 g/mol. The fraction of sp³-hybridized carbons (Fsp3) is 0.857. The van der Waals surface area contributed by atoms with Gasteiger partial charge in [0.05, 0.1) is 12.5 Å². The number of carbonyl (C=O) groups excluding carboxylic acids is 2. The molecule has 1 rings (SSSR count). The van der Waals surface area contributed by atoms with Gasteiger partial charge < -0.3 is 19.9 Å². The van der Waals surface area contributed by atoms with Crippen molar-refractivity contribution < 1.29 is 23.8 Å². The van der Waals surface area contributed by atoms with E-state index in [1.165, 1.54) is 0 Å². The van der Waals surface area contributed by atoms with Crippen molar-refractivity contribution in [1.29, 1.82) is 0 Å². The van der Waals surface area contributed by atoms with Crippen LogP contribution in [0, 0.1) is 11.8 Å². The van der Waals surface area contributed by atoms with Crippen LogP contribution in [0.15, 0.2) is 0 Å². The first-order valence-electron chi connectivity index (χ1n) is 7.07. The molecule has 0 aromatic heterocycles. The van der Waals surface area contributed by atoms with Gasteiger partial charge in [-0.05, 0) is 5.92 Å². The fourth-order valence-corrected chi connectivity index (χ4v) is 1.75. The third kappa shape index (κ3) is 4.76. The van der Waals surface area contributed by atoms with Gasteiger partial charge in [0, 0.05) is 6.42 Å². The Bertz CT molecular complexity index is 342. The van der Waals surface area contributed by atoms with Gasteiger partial charge in [-0.2, -0.15) is 0 Å². The number of hydrogen-bond donors (Lipinski definition) is 1. The molecule has 1 fully saturated rings. The fourth-order valence-electron chi connectivity index (χ4n) is 1.75. The van der Waals surface area contributed by atoms with Crippen LogP contribution in [0.4, 0.5) is 0 Å².